The van der Waals surface area contributed by atoms with E-state index in [4.69, 9.17) is 5.21 Å². The molecule has 8 heteroatoms. The number of rotatable bonds is 3. The maximum Gasteiger partial charge on any atom is 0.274 e. The summed E-state index contributed by atoms with van der Waals surface area (Å²) in [6.07, 6.45) is 0. The number of thiophene rings is 1. The number of carbonyl (C=O) groups excluding carboxylic acids is 2. The van der Waals surface area contributed by atoms with Crippen LogP contribution in [0.25, 0.3) is 10.2 Å². The molecule has 2 amide bonds. The Hall–Kier alpha value is -2.29. The number of fused-ring (bicyclic) bond motifs is 3. The average molecular weight is 387 g/mol. The van der Waals surface area contributed by atoms with Gasteiger partial charge in [-0.05, 0) is 37.3 Å². The molecule has 1 aromatic carbocycles. The highest BCUT2D eigenvalue weighted by Gasteiger charge is 2.30. The summed E-state index contributed by atoms with van der Waals surface area (Å²) in [4.78, 5) is 29.1. The van der Waals surface area contributed by atoms with Crippen molar-refractivity contribution in [3.05, 3.63) is 46.5 Å². The normalized spacial score (nSPS) is 14.0. The standard InChI is InChI=1S/C18H17N3O3S2/c1-10-9-13-15(25-10)16(14-18(23)20(2)7-8-21(13)14)26-12-5-3-11(4-6-12)17(22)19-24/h3-6,9,24H,7-8H2,1-2H3,(H,19,22). The van der Waals surface area contributed by atoms with Crippen molar-refractivity contribution in [1.29, 1.82) is 0 Å². The Bertz CT molecular complexity index is 1020. The van der Waals surface area contributed by atoms with Crippen molar-refractivity contribution in [3.63, 3.8) is 0 Å². The van der Waals surface area contributed by atoms with Gasteiger partial charge in [-0.1, -0.05) is 11.8 Å². The predicted octanol–water partition coefficient (Wildman–Crippen LogP) is 3.37. The van der Waals surface area contributed by atoms with E-state index < -0.39 is 5.91 Å². The van der Waals surface area contributed by atoms with Crippen LogP contribution in [0.2, 0.25) is 0 Å². The Kier molecular flexibility index (Phi) is 4.26. The van der Waals surface area contributed by atoms with Gasteiger partial charge in [-0.15, -0.1) is 11.3 Å². The Morgan fingerprint density at radius 1 is 1.27 bits per heavy atom. The number of hydroxylamine groups is 1. The van der Waals surface area contributed by atoms with E-state index in [1.54, 1.807) is 33.8 Å². The fourth-order valence-electron chi connectivity index (χ4n) is 3.14. The van der Waals surface area contributed by atoms with Crippen LogP contribution in [0.5, 0.6) is 0 Å². The summed E-state index contributed by atoms with van der Waals surface area (Å²) in [7, 11) is 1.83. The van der Waals surface area contributed by atoms with Crippen molar-refractivity contribution in [1.82, 2.24) is 14.9 Å². The second-order valence-electron chi connectivity index (χ2n) is 6.19. The predicted molar refractivity (Wildman–Crippen MR) is 101 cm³/mol. The van der Waals surface area contributed by atoms with E-state index in [0.29, 0.717) is 12.1 Å². The number of nitrogens with one attached hydrogen (secondary N) is 1. The minimum atomic E-state index is -0.545. The molecule has 2 N–H and O–H groups in total. The first-order valence-corrected chi connectivity index (χ1v) is 9.73. The molecule has 0 saturated carbocycles. The summed E-state index contributed by atoms with van der Waals surface area (Å²) in [6, 6.07) is 9.09. The zero-order valence-electron chi connectivity index (χ0n) is 14.3. The van der Waals surface area contributed by atoms with Crippen molar-refractivity contribution < 1.29 is 14.8 Å². The molecule has 6 nitrogen and oxygen atoms in total. The van der Waals surface area contributed by atoms with Crippen LogP contribution in [0.3, 0.4) is 0 Å². The van der Waals surface area contributed by atoms with Crippen molar-refractivity contribution in [2.75, 3.05) is 13.6 Å². The number of aromatic nitrogens is 1. The molecule has 1 aliphatic heterocycles. The third-order valence-corrected chi connectivity index (χ3v) is 6.76. The topological polar surface area (TPSA) is 74.6 Å². The van der Waals surface area contributed by atoms with Crippen LogP contribution in [0.1, 0.15) is 25.7 Å². The highest BCUT2D eigenvalue weighted by molar-refractivity contribution is 7.99. The van der Waals surface area contributed by atoms with Crippen LogP contribution in [0.4, 0.5) is 0 Å². The fourth-order valence-corrected chi connectivity index (χ4v) is 5.35. The molecule has 3 heterocycles. The maximum absolute atomic E-state index is 12.8. The van der Waals surface area contributed by atoms with Gasteiger partial charge in [-0.2, -0.15) is 0 Å². The molecule has 3 aromatic rings. The molecule has 0 radical (unpaired) electrons. The summed E-state index contributed by atoms with van der Waals surface area (Å²) in [5.74, 6) is -0.507. The first kappa shape index (κ1) is 17.1. The van der Waals surface area contributed by atoms with Gasteiger partial charge in [-0.3, -0.25) is 14.8 Å². The smallest absolute Gasteiger partial charge is 0.274 e. The first-order valence-electron chi connectivity index (χ1n) is 8.10. The van der Waals surface area contributed by atoms with Gasteiger partial charge in [0.05, 0.1) is 15.1 Å². The van der Waals surface area contributed by atoms with E-state index in [9.17, 15) is 9.59 Å². The zero-order valence-corrected chi connectivity index (χ0v) is 15.9. The summed E-state index contributed by atoms with van der Waals surface area (Å²) in [5.41, 5.74) is 3.86. The molecule has 134 valence electrons. The van der Waals surface area contributed by atoms with E-state index in [2.05, 4.69) is 17.6 Å². The molecule has 0 unspecified atom stereocenters. The molecular formula is C18H17N3O3S2. The molecule has 0 bridgehead atoms. The van der Waals surface area contributed by atoms with Gasteiger partial charge in [0.25, 0.3) is 11.8 Å². The van der Waals surface area contributed by atoms with Gasteiger partial charge in [0.2, 0.25) is 0 Å². The Balaban J connectivity index is 1.79. The Morgan fingerprint density at radius 3 is 2.69 bits per heavy atom. The van der Waals surface area contributed by atoms with Crippen LogP contribution in [-0.2, 0) is 6.54 Å². The summed E-state index contributed by atoms with van der Waals surface area (Å²) in [6.45, 7) is 3.57. The first-order chi connectivity index (χ1) is 12.5. The molecule has 2 aromatic heterocycles. The zero-order chi connectivity index (χ0) is 18.4. The quantitative estimate of drug-likeness (QED) is 0.534. The van der Waals surface area contributed by atoms with Gasteiger partial charge in [0.1, 0.15) is 5.69 Å². The second-order valence-corrected chi connectivity index (χ2v) is 8.53. The lowest BCUT2D eigenvalue weighted by atomic mass is 10.2. The van der Waals surface area contributed by atoms with Crippen molar-refractivity contribution >= 4 is 45.1 Å². The molecule has 0 saturated heterocycles. The van der Waals surface area contributed by atoms with Crippen molar-refractivity contribution in [2.45, 2.75) is 23.3 Å². The lowest BCUT2D eigenvalue weighted by Gasteiger charge is -2.25. The number of carbonyl (C=O) groups is 2. The van der Waals surface area contributed by atoms with Gasteiger partial charge < -0.3 is 9.47 Å². The van der Waals surface area contributed by atoms with Gasteiger partial charge in [0.15, 0.2) is 0 Å². The Morgan fingerprint density at radius 2 is 2.00 bits per heavy atom. The average Bonchev–Trinajstić information content (AvgIpc) is 3.15. The molecule has 0 aliphatic carbocycles. The third kappa shape index (κ3) is 2.70. The fraction of sp³-hybridized carbons (Fsp3) is 0.222. The molecule has 0 spiro atoms. The maximum atomic E-state index is 12.8. The molecule has 4 rings (SSSR count). The molecule has 1 aliphatic rings. The van der Waals surface area contributed by atoms with E-state index in [-0.39, 0.29) is 5.91 Å². The van der Waals surface area contributed by atoms with Crippen LogP contribution in [0.15, 0.2) is 40.1 Å². The van der Waals surface area contributed by atoms with Crippen molar-refractivity contribution in [2.24, 2.45) is 0 Å². The van der Waals surface area contributed by atoms with Crippen LogP contribution in [0, 0.1) is 6.92 Å². The van der Waals surface area contributed by atoms with E-state index in [1.165, 1.54) is 16.6 Å². The monoisotopic (exact) mass is 387 g/mol. The number of amides is 2. The number of hydrogen-bond acceptors (Lipinski definition) is 5. The Labute approximate surface area is 158 Å². The number of hydrogen-bond donors (Lipinski definition) is 2. The van der Waals surface area contributed by atoms with Crippen molar-refractivity contribution in [3.8, 4) is 0 Å². The van der Waals surface area contributed by atoms with E-state index in [1.807, 2.05) is 19.2 Å². The van der Waals surface area contributed by atoms with Gasteiger partial charge >= 0.3 is 0 Å². The van der Waals surface area contributed by atoms with Crippen LogP contribution < -0.4 is 5.48 Å². The van der Waals surface area contributed by atoms with Gasteiger partial charge in [0, 0.05) is 35.5 Å². The number of benzene rings is 1. The minimum absolute atomic E-state index is 0.0380. The lowest BCUT2D eigenvalue weighted by Crippen LogP contribution is -2.37. The molecule has 0 atom stereocenters. The third-order valence-electron chi connectivity index (χ3n) is 4.46. The molecule has 26 heavy (non-hydrogen) atoms. The van der Waals surface area contributed by atoms with Crippen LogP contribution >= 0.6 is 23.1 Å². The summed E-state index contributed by atoms with van der Waals surface area (Å²) < 4.78 is 3.25. The highest BCUT2D eigenvalue weighted by atomic mass is 32.2. The van der Waals surface area contributed by atoms with E-state index >= 15 is 0 Å². The summed E-state index contributed by atoms with van der Waals surface area (Å²) in [5, 5.41) is 8.72. The highest BCUT2D eigenvalue weighted by Crippen LogP contribution is 2.43. The lowest BCUT2D eigenvalue weighted by molar-refractivity contribution is 0.0705. The summed E-state index contributed by atoms with van der Waals surface area (Å²) >= 11 is 3.23. The largest absolute Gasteiger partial charge is 0.339 e. The molecular weight excluding hydrogens is 370 g/mol. The SMILES string of the molecule is Cc1cc2c(s1)c(Sc1ccc(C(=O)NO)cc1)c1n2CCN(C)C1=O. The number of aryl methyl sites for hydroxylation is 1. The minimum Gasteiger partial charge on any atom is -0.339 e. The number of likely N-dealkylation sites (N-methyl/N-ethyl adjacent to an activating group) is 1. The molecule has 0 fully saturated rings. The van der Waals surface area contributed by atoms with Gasteiger partial charge in [-0.25, -0.2) is 5.48 Å². The number of nitrogens with zero attached hydrogens (tertiary/aromatic N) is 2. The van der Waals surface area contributed by atoms with E-state index in [0.717, 1.165) is 32.2 Å². The second kappa shape index (κ2) is 6.46. The van der Waals surface area contributed by atoms with Crippen LogP contribution in [-0.4, -0.2) is 40.1 Å².